The maximum absolute atomic E-state index is 12.8. The molecule has 0 saturated carbocycles. The standard InChI is InChI=1S/C25H27N3O4S/c1-27-17-22(33(30,31)28-11-2-3-12-28)15-23(27)25(29)26-16-18-4-6-19(7-5-18)20-8-9-24-21(14-20)10-13-32-24/h4-9,14-15,17H,2-3,10-13,16H2,1H3,(H,26,29). The predicted molar refractivity (Wildman–Crippen MR) is 126 cm³/mol. The van der Waals surface area contributed by atoms with E-state index in [4.69, 9.17) is 4.74 Å². The molecular weight excluding hydrogens is 438 g/mol. The van der Waals surface area contributed by atoms with Crippen LogP contribution in [0.15, 0.2) is 59.6 Å². The maximum Gasteiger partial charge on any atom is 0.268 e. The summed E-state index contributed by atoms with van der Waals surface area (Å²) in [6.45, 7) is 2.17. The number of hydrogen-bond donors (Lipinski definition) is 1. The van der Waals surface area contributed by atoms with E-state index in [0.29, 0.717) is 25.3 Å². The smallest absolute Gasteiger partial charge is 0.268 e. The number of carbonyl (C=O) groups is 1. The van der Waals surface area contributed by atoms with Crippen molar-refractivity contribution in [2.24, 2.45) is 7.05 Å². The number of sulfonamides is 1. The summed E-state index contributed by atoms with van der Waals surface area (Å²) in [7, 11) is -1.86. The first kappa shape index (κ1) is 21.7. The molecular formula is C25H27N3O4S. The predicted octanol–water partition coefficient (Wildman–Crippen LogP) is 3.34. The zero-order valence-electron chi connectivity index (χ0n) is 18.6. The van der Waals surface area contributed by atoms with Gasteiger partial charge in [-0.2, -0.15) is 4.31 Å². The molecule has 1 saturated heterocycles. The molecule has 0 unspecified atom stereocenters. The van der Waals surface area contributed by atoms with Crippen LogP contribution in [0.2, 0.25) is 0 Å². The third-order valence-corrected chi connectivity index (χ3v) is 8.21. The van der Waals surface area contributed by atoms with Crippen molar-refractivity contribution < 1.29 is 17.9 Å². The molecule has 3 heterocycles. The zero-order chi connectivity index (χ0) is 23.0. The van der Waals surface area contributed by atoms with Crippen molar-refractivity contribution in [3.05, 3.63) is 71.5 Å². The van der Waals surface area contributed by atoms with Crippen LogP contribution in [0.25, 0.3) is 11.1 Å². The average molecular weight is 466 g/mol. The molecule has 2 aliphatic heterocycles. The Labute approximate surface area is 194 Å². The summed E-state index contributed by atoms with van der Waals surface area (Å²) in [6, 6.07) is 15.8. The van der Waals surface area contributed by atoms with Crippen molar-refractivity contribution in [3.63, 3.8) is 0 Å². The lowest BCUT2D eigenvalue weighted by Gasteiger charge is -2.13. The Morgan fingerprint density at radius 1 is 1.03 bits per heavy atom. The molecule has 33 heavy (non-hydrogen) atoms. The number of amides is 1. The molecule has 2 aromatic carbocycles. The lowest BCUT2D eigenvalue weighted by molar-refractivity contribution is 0.0942. The van der Waals surface area contributed by atoms with Crippen molar-refractivity contribution in [1.29, 1.82) is 0 Å². The molecule has 1 aromatic heterocycles. The second-order valence-electron chi connectivity index (χ2n) is 8.58. The highest BCUT2D eigenvalue weighted by Gasteiger charge is 2.29. The lowest BCUT2D eigenvalue weighted by atomic mass is 10.0. The van der Waals surface area contributed by atoms with E-state index >= 15 is 0 Å². The van der Waals surface area contributed by atoms with Crippen LogP contribution in [-0.2, 0) is 30.0 Å². The Morgan fingerprint density at radius 2 is 1.76 bits per heavy atom. The van der Waals surface area contributed by atoms with Crippen LogP contribution in [0.4, 0.5) is 0 Å². The molecule has 1 amide bonds. The molecule has 0 radical (unpaired) electrons. The Hall–Kier alpha value is -3.10. The van der Waals surface area contributed by atoms with Crippen molar-refractivity contribution in [2.75, 3.05) is 19.7 Å². The molecule has 8 heteroatoms. The lowest BCUT2D eigenvalue weighted by Crippen LogP contribution is -2.27. The first-order valence-electron chi connectivity index (χ1n) is 11.2. The van der Waals surface area contributed by atoms with E-state index in [2.05, 4.69) is 17.4 Å². The van der Waals surface area contributed by atoms with Crippen molar-refractivity contribution >= 4 is 15.9 Å². The van der Waals surface area contributed by atoms with E-state index in [1.807, 2.05) is 30.3 Å². The third-order valence-electron chi connectivity index (χ3n) is 6.35. The normalized spacial score (nSPS) is 15.9. The molecule has 0 bridgehead atoms. The Morgan fingerprint density at radius 3 is 2.52 bits per heavy atom. The van der Waals surface area contributed by atoms with E-state index < -0.39 is 10.0 Å². The van der Waals surface area contributed by atoms with E-state index in [9.17, 15) is 13.2 Å². The minimum absolute atomic E-state index is 0.168. The van der Waals surface area contributed by atoms with E-state index in [1.165, 1.54) is 22.1 Å². The summed E-state index contributed by atoms with van der Waals surface area (Å²) in [6.07, 6.45) is 4.20. The number of aryl methyl sites for hydroxylation is 1. The van der Waals surface area contributed by atoms with Crippen LogP contribution in [0, 0.1) is 0 Å². The van der Waals surface area contributed by atoms with Crippen molar-refractivity contribution in [3.8, 4) is 16.9 Å². The summed E-state index contributed by atoms with van der Waals surface area (Å²) in [4.78, 5) is 12.9. The van der Waals surface area contributed by atoms with Crippen LogP contribution < -0.4 is 10.1 Å². The van der Waals surface area contributed by atoms with Crippen LogP contribution in [0.3, 0.4) is 0 Å². The van der Waals surface area contributed by atoms with Gasteiger partial charge in [0.05, 0.1) is 6.61 Å². The van der Waals surface area contributed by atoms with Crippen LogP contribution in [0.5, 0.6) is 5.75 Å². The van der Waals surface area contributed by atoms with Gasteiger partial charge in [0, 0.05) is 39.3 Å². The SMILES string of the molecule is Cn1cc(S(=O)(=O)N2CCCC2)cc1C(=O)NCc1ccc(-c2ccc3c(c2)CCO3)cc1. The average Bonchev–Trinajstić information content (AvgIpc) is 3.58. The van der Waals surface area contributed by atoms with Gasteiger partial charge in [-0.25, -0.2) is 8.42 Å². The second kappa shape index (κ2) is 8.68. The first-order valence-corrected chi connectivity index (χ1v) is 12.7. The van der Waals surface area contributed by atoms with Gasteiger partial charge < -0.3 is 14.6 Å². The number of carbonyl (C=O) groups excluding carboxylic acids is 1. The van der Waals surface area contributed by atoms with Gasteiger partial charge in [-0.05, 0) is 53.3 Å². The first-order chi connectivity index (χ1) is 15.9. The zero-order valence-corrected chi connectivity index (χ0v) is 19.4. The van der Waals surface area contributed by atoms with Gasteiger partial charge in [0.25, 0.3) is 5.91 Å². The topological polar surface area (TPSA) is 80.6 Å². The third kappa shape index (κ3) is 4.28. The van der Waals surface area contributed by atoms with Gasteiger partial charge in [-0.15, -0.1) is 0 Å². The minimum atomic E-state index is -3.55. The second-order valence-corrected chi connectivity index (χ2v) is 10.5. The van der Waals surface area contributed by atoms with E-state index in [-0.39, 0.29) is 10.8 Å². The van der Waals surface area contributed by atoms with Crippen LogP contribution in [-0.4, -0.2) is 42.9 Å². The van der Waals surface area contributed by atoms with E-state index in [1.54, 1.807) is 11.6 Å². The number of nitrogens with one attached hydrogen (secondary N) is 1. The fraction of sp³-hybridized carbons (Fsp3) is 0.320. The summed E-state index contributed by atoms with van der Waals surface area (Å²) in [5.74, 6) is 0.665. The summed E-state index contributed by atoms with van der Waals surface area (Å²) >= 11 is 0. The molecule has 2 aliphatic rings. The Kier molecular flexibility index (Phi) is 5.72. The molecule has 3 aromatic rings. The summed E-state index contributed by atoms with van der Waals surface area (Å²) in [5.41, 5.74) is 4.78. The molecule has 0 atom stereocenters. The molecule has 1 fully saturated rings. The van der Waals surface area contributed by atoms with Gasteiger partial charge in [-0.1, -0.05) is 30.3 Å². The van der Waals surface area contributed by atoms with Crippen molar-refractivity contribution in [2.45, 2.75) is 30.7 Å². The molecule has 5 rings (SSSR count). The van der Waals surface area contributed by atoms with Gasteiger partial charge in [0.1, 0.15) is 16.3 Å². The van der Waals surface area contributed by atoms with Gasteiger partial charge in [0.15, 0.2) is 0 Å². The Bertz CT molecular complexity index is 1290. The molecule has 172 valence electrons. The van der Waals surface area contributed by atoms with Crippen LogP contribution >= 0.6 is 0 Å². The van der Waals surface area contributed by atoms with Gasteiger partial charge >= 0.3 is 0 Å². The number of aromatic nitrogens is 1. The molecule has 7 nitrogen and oxygen atoms in total. The van der Waals surface area contributed by atoms with E-state index in [0.717, 1.165) is 48.3 Å². The number of fused-ring (bicyclic) bond motifs is 1. The highest BCUT2D eigenvalue weighted by Crippen LogP contribution is 2.30. The van der Waals surface area contributed by atoms with Crippen LogP contribution in [0.1, 0.15) is 34.5 Å². The van der Waals surface area contributed by atoms with Gasteiger partial charge in [-0.3, -0.25) is 4.79 Å². The maximum atomic E-state index is 12.8. The minimum Gasteiger partial charge on any atom is -0.493 e. The fourth-order valence-electron chi connectivity index (χ4n) is 4.43. The molecule has 0 aliphatic carbocycles. The number of hydrogen-bond acceptors (Lipinski definition) is 4. The monoisotopic (exact) mass is 465 g/mol. The molecule has 1 N–H and O–H groups in total. The fourth-order valence-corrected chi connectivity index (χ4v) is 6.02. The highest BCUT2D eigenvalue weighted by atomic mass is 32.2. The highest BCUT2D eigenvalue weighted by molar-refractivity contribution is 7.89. The Balaban J connectivity index is 1.24. The number of nitrogens with zero attached hydrogens (tertiary/aromatic N) is 2. The summed E-state index contributed by atoms with van der Waals surface area (Å²) in [5, 5.41) is 2.90. The largest absolute Gasteiger partial charge is 0.493 e. The number of benzene rings is 2. The number of rotatable bonds is 6. The quantitative estimate of drug-likeness (QED) is 0.606. The van der Waals surface area contributed by atoms with Gasteiger partial charge in [0.2, 0.25) is 10.0 Å². The molecule has 0 spiro atoms. The number of ether oxygens (including phenoxy) is 1. The summed E-state index contributed by atoms with van der Waals surface area (Å²) < 4.78 is 34.2. The van der Waals surface area contributed by atoms with Crippen molar-refractivity contribution in [1.82, 2.24) is 14.2 Å².